The third kappa shape index (κ3) is 3.64. The second-order valence-electron chi connectivity index (χ2n) is 5.36. The third-order valence-corrected chi connectivity index (χ3v) is 5.76. The van der Waals surface area contributed by atoms with Gasteiger partial charge in [-0.2, -0.15) is 5.26 Å². The van der Waals surface area contributed by atoms with Crippen LogP contribution in [0, 0.1) is 17.2 Å². The minimum absolute atomic E-state index is 0.00836. The molecule has 2 unspecified atom stereocenters. The van der Waals surface area contributed by atoms with Gasteiger partial charge in [-0.1, -0.05) is 48.2 Å². The zero-order valence-electron chi connectivity index (χ0n) is 12.7. The fourth-order valence-corrected chi connectivity index (χ4v) is 4.24. The van der Waals surface area contributed by atoms with Crippen LogP contribution in [-0.2, 0) is 4.79 Å². The van der Waals surface area contributed by atoms with Gasteiger partial charge in [0.1, 0.15) is 5.92 Å². The Hall–Kier alpha value is -2.23. The number of hydrogen-bond acceptors (Lipinski definition) is 5. The van der Waals surface area contributed by atoms with E-state index >= 15 is 0 Å². The number of benzene rings is 1. The molecule has 0 saturated carbocycles. The molecular formula is C18H14N2O2S2. The number of nitrogens with zero attached hydrogens (tertiary/aromatic N) is 2. The van der Waals surface area contributed by atoms with Crippen LogP contribution < -0.4 is 0 Å². The lowest BCUT2D eigenvalue weighted by molar-refractivity contribution is -0.115. The average molecular weight is 354 g/mol. The van der Waals surface area contributed by atoms with Crippen LogP contribution in [0.25, 0.3) is 0 Å². The summed E-state index contributed by atoms with van der Waals surface area (Å²) in [5.74, 6) is -0.843. The lowest BCUT2D eigenvalue weighted by Gasteiger charge is -2.21. The Balaban J connectivity index is 1.93. The predicted molar refractivity (Wildman–Crippen MR) is 96.5 cm³/mol. The molecule has 6 heteroatoms. The van der Waals surface area contributed by atoms with E-state index in [1.54, 1.807) is 6.07 Å². The number of ketones is 1. The molecule has 0 saturated heterocycles. The van der Waals surface area contributed by atoms with Crippen LogP contribution in [0.15, 0.2) is 52.8 Å². The van der Waals surface area contributed by atoms with E-state index in [1.807, 2.05) is 41.8 Å². The molecule has 1 aromatic heterocycles. The Morgan fingerprint density at radius 1 is 1.25 bits per heavy atom. The fraction of sp³-hybridized carbons (Fsp3) is 0.222. The molecule has 2 atom stereocenters. The Morgan fingerprint density at radius 2 is 2.04 bits per heavy atom. The molecular weight excluding hydrogens is 340 g/mol. The van der Waals surface area contributed by atoms with Gasteiger partial charge < -0.3 is 0 Å². The van der Waals surface area contributed by atoms with Gasteiger partial charge in [-0.15, -0.1) is 11.3 Å². The van der Waals surface area contributed by atoms with Crippen molar-refractivity contribution in [3.63, 3.8) is 0 Å². The summed E-state index contributed by atoms with van der Waals surface area (Å²) in [5.41, 5.74) is 0.914. The number of rotatable bonds is 6. The molecule has 0 radical (unpaired) electrons. The van der Waals surface area contributed by atoms with Gasteiger partial charge in [0, 0.05) is 12.3 Å². The van der Waals surface area contributed by atoms with Crippen LogP contribution in [0.4, 0.5) is 0 Å². The van der Waals surface area contributed by atoms with Crippen molar-refractivity contribution in [3.8, 4) is 6.07 Å². The number of carbonyl (C=O) groups is 2. The maximum Gasteiger partial charge on any atom is 0.256 e. The molecule has 0 bridgehead atoms. The molecule has 0 spiro atoms. The molecule has 1 amide bonds. The summed E-state index contributed by atoms with van der Waals surface area (Å²) in [4.78, 5) is 28.7. The zero-order valence-corrected chi connectivity index (χ0v) is 14.3. The molecule has 2 aromatic rings. The van der Waals surface area contributed by atoms with E-state index in [2.05, 4.69) is 11.1 Å². The molecule has 4 nitrogen and oxygen atoms in total. The summed E-state index contributed by atoms with van der Waals surface area (Å²) in [6.45, 7) is 0. The van der Waals surface area contributed by atoms with Gasteiger partial charge in [0.05, 0.1) is 21.7 Å². The van der Waals surface area contributed by atoms with Crippen molar-refractivity contribution in [2.24, 2.45) is 10.9 Å². The SMILES string of the molecule is N#CC(C1=NC(=O)CS1)C(CC(=O)c1cccs1)c1ccccc1. The number of Topliss-reactive ketones (excluding diaryl/α,β-unsaturated/α-hetero) is 1. The van der Waals surface area contributed by atoms with Crippen molar-refractivity contribution in [3.05, 3.63) is 58.3 Å². The second-order valence-corrected chi connectivity index (χ2v) is 7.30. The molecule has 24 heavy (non-hydrogen) atoms. The number of amides is 1. The summed E-state index contributed by atoms with van der Waals surface area (Å²) in [5, 5.41) is 12.1. The van der Waals surface area contributed by atoms with Crippen LogP contribution >= 0.6 is 23.1 Å². The van der Waals surface area contributed by atoms with Crippen LogP contribution in [-0.4, -0.2) is 22.5 Å². The van der Waals surface area contributed by atoms with Crippen molar-refractivity contribution < 1.29 is 9.59 Å². The van der Waals surface area contributed by atoms with Gasteiger partial charge in [0.15, 0.2) is 5.78 Å². The number of thiophene rings is 1. The largest absolute Gasteiger partial charge is 0.293 e. The van der Waals surface area contributed by atoms with Gasteiger partial charge in [-0.05, 0) is 17.0 Å². The van der Waals surface area contributed by atoms with Crippen molar-refractivity contribution in [2.75, 3.05) is 5.75 Å². The van der Waals surface area contributed by atoms with Crippen LogP contribution in [0.5, 0.6) is 0 Å². The molecule has 120 valence electrons. The molecule has 3 rings (SSSR count). The highest BCUT2D eigenvalue weighted by molar-refractivity contribution is 8.15. The summed E-state index contributed by atoms with van der Waals surface area (Å²) >= 11 is 2.70. The minimum Gasteiger partial charge on any atom is -0.293 e. The van der Waals surface area contributed by atoms with Crippen LogP contribution in [0.3, 0.4) is 0 Å². The first-order valence-electron chi connectivity index (χ1n) is 7.44. The minimum atomic E-state index is -0.590. The predicted octanol–water partition coefficient (Wildman–Crippen LogP) is 3.92. The zero-order chi connectivity index (χ0) is 16.9. The number of thioether (sulfide) groups is 1. The Bertz CT molecular complexity index is 807. The van der Waals surface area contributed by atoms with Crippen molar-refractivity contribution in [1.82, 2.24) is 0 Å². The first-order valence-corrected chi connectivity index (χ1v) is 9.31. The van der Waals surface area contributed by atoms with E-state index in [0.29, 0.717) is 9.92 Å². The summed E-state index contributed by atoms with van der Waals surface area (Å²) < 4.78 is 0. The highest BCUT2D eigenvalue weighted by atomic mass is 32.2. The first kappa shape index (κ1) is 16.6. The summed E-state index contributed by atoms with van der Waals surface area (Å²) in [6, 6.07) is 15.4. The fourth-order valence-electron chi connectivity index (χ4n) is 2.67. The highest BCUT2D eigenvalue weighted by Crippen LogP contribution is 2.35. The van der Waals surface area contributed by atoms with E-state index in [0.717, 1.165) is 5.56 Å². The lowest BCUT2D eigenvalue weighted by Crippen LogP contribution is -2.21. The standard InChI is InChI=1S/C18H14N2O2S2/c19-10-14(18-20-17(22)11-24-18)13(12-5-2-1-3-6-12)9-15(21)16-7-4-8-23-16/h1-8,13-14H,9,11H2. The van der Waals surface area contributed by atoms with Gasteiger partial charge >= 0.3 is 0 Å². The molecule has 0 aliphatic carbocycles. The smallest absolute Gasteiger partial charge is 0.256 e. The molecule has 0 N–H and O–H groups in total. The van der Waals surface area contributed by atoms with Crippen molar-refractivity contribution >= 4 is 39.8 Å². The molecule has 1 aromatic carbocycles. The van der Waals surface area contributed by atoms with Crippen LogP contribution in [0.1, 0.15) is 27.6 Å². The number of hydrogen-bond donors (Lipinski definition) is 0. The van der Waals surface area contributed by atoms with E-state index < -0.39 is 5.92 Å². The van der Waals surface area contributed by atoms with E-state index in [1.165, 1.54) is 23.1 Å². The first-order chi connectivity index (χ1) is 11.7. The normalized spacial score (nSPS) is 16.3. The third-order valence-electron chi connectivity index (χ3n) is 3.81. The van der Waals surface area contributed by atoms with Gasteiger partial charge in [-0.25, -0.2) is 4.99 Å². The van der Waals surface area contributed by atoms with E-state index in [4.69, 9.17) is 0 Å². The van der Waals surface area contributed by atoms with E-state index in [-0.39, 0.29) is 29.8 Å². The van der Waals surface area contributed by atoms with Crippen molar-refractivity contribution in [2.45, 2.75) is 12.3 Å². The molecule has 2 heterocycles. The van der Waals surface area contributed by atoms with Crippen molar-refractivity contribution in [1.29, 1.82) is 5.26 Å². The summed E-state index contributed by atoms with van der Waals surface area (Å²) in [7, 11) is 0. The second kappa shape index (κ2) is 7.56. The van der Waals surface area contributed by atoms with E-state index in [9.17, 15) is 14.9 Å². The van der Waals surface area contributed by atoms with Gasteiger partial charge in [-0.3, -0.25) is 9.59 Å². The monoisotopic (exact) mass is 354 g/mol. The average Bonchev–Trinajstić information content (AvgIpc) is 3.27. The number of carbonyl (C=O) groups excluding carboxylic acids is 2. The topological polar surface area (TPSA) is 70.3 Å². The molecule has 0 fully saturated rings. The highest BCUT2D eigenvalue weighted by Gasteiger charge is 2.33. The molecule has 1 aliphatic heterocycles. The Kier molecular flexibility index (Phi) is 5.24. The lowest BCUT2D eigenvalue weighted by atomic mass is 9.83. The quantitative estimate of drug-likeness (QED) is 0.737. The Labute approximate surface area is 148 Å². The number of nitriles is 1. The maximum absolute atomic E-state index is 12.6. The molecule has 1 aliphatic rings. The van der Waals surface area contributed by atoms with Gasteiger partial charge in [0.2, 0.25) is 0 Å². The van der Waals surface area contributed by atoms with Crippen LogP contribution in [0.2, 0.25) is 0 Å². The Morgan fingerprint density at radius 3 is 2.62 bits per heavy atom. The maximum atomic E-state index is 12.6. The van der Waals surface area contributed by atoms with Gasteiger partial charge in [0.25, 0.3) is 5.91 Å². The summed E-state index contributed by atoms with van der Waals surface area (Å²) in [6.07, 6.45) is 0.219. The number of aliphatic imine (C=N–C) groups is 1.